The number of hydrogen-bond acceptors (Lipinski definition) is 4. The second-order valence-electron chi connectivity index (χ2n) is 3.00. The smallest absolute Gasteiger partial charge is 0.276 e. The molecule has 1 heterocycles. The number of hydrazine groups is 1. The summed E-state index contributed by atoms with van der Waals surface area (Å²) >= 11 is 2.87. The lowest BCUT2D eigenvalue weighted by Crippen LogP contribution is -2.31. The molecule has 1 aromatic rings. The molecule has 0 atom stereocenters. The Morgan fingerprint density at radius 3 is 2.56 bits per heavy atom. The van der Waals surface area contributed by atoms with Crippen LogP contribution in [0.25, 0.3) is 0 Å². The molecular weight excluding hydrogens is 272 g/mol. The van der Waals surface area contributed by atoms with Crippen molar-refractivity contribution in [1.82, 2.24) is 19.8 Å². The summed E-state index contributed by atoms with van der Waals surface area (Å²) in [6.07, 6.45) is 1.57. The Kier molecular flexibility index (Phi) is 7.66. The van der Waals surface area contributed by atoms with Crippen LogP contribution in [-0.4, -0.2) is 15.9 Å². The normalized spacial score (nSPS) is 9.38. The van der Waals surface area contributed by atoms with Gasteiger partial charge in [-0.3, -0.25) is 10.2 Å². The van der Waals surface area contributed by atoms with Crippen molar-refractivity contribution in [1.29, 1.82) is 0 Å². The first-order valence-corrected chi connectivity index (χ1v) is 5.93. The van der Waals surface area contributed by atoms with Gasteiger partial charge in [-0.1, -0.05) is 27.7 Å². The second-order valence-corrected chi connectivity index (χ2v) is 3.40. The lowest BCUT2D eigenvalue weighted by molar-refractivity contribution is 0.0942. The standard InChI is InChI=1S/C8H11BrN4O.C2H6/c1-5(2)7-10-4-3-6(11-7)8(14)12-13-9;1-2/h3-5,13H,1-2H3,(H,12,14);1-2H3. The minimum atomic E-state index is -0.300. The maximum Gasteiger partial charge on any atom is 0.284 e. The number of nitrogens with one attached hydrogen (secondary N) is 2. The Labute approximate surface area is 104 Å². The zero-order valence-electron chi connectivity index (χ0n) is 9.91. The summed E-state index contributed by atoms with van der Waals surface area (Å²) in [6.45, 7) is 7.94. The fraction of sp³-hybridized carbons (Fsp3) is 0.500. The molecule has 0 aromatic carbocycles. The first kappa shape index (κ1) is 15.0. The monoisotopic (exact) mass is 288 g/mol. The lowest BCUT2D eigenvalue weighted by atomic mass is 10.2. The van der Waals surface area contributed by atoms with Gasteiger partial charge < -0.3 is 0 Å². The maximum absolute atomic E-state index is 11.3. The molecule has 0 fully saturated rings. The highest BCUT2D eigenvalue weighted by Gasteiger charge is 2.09. The van der Waals surface area contributed by atoms with Crippen molar-refractivity contribution in [2.24, 2.45) is 0 Å². The molecule has 0 aliphatic heterocycles. The minimum Gasteiger partial charge on any atom is -0.276 e. The quantitative estimate of drug-likeness (QED) is 0.661. The predicted octanol–water partition coefficient (Wildman–Crippen LogP) is 2.17. The molecule has 6 heteroatoms. The summed E-state index contributed by atoms with van der Waals surface area (Å²) < 4.78 is 2.37. The van der Waals surface area contributed by atoms with Crippen molar-refractivity contribution in [2.45, 2.75) is 33.6 Å². The molecule has 0 aliphatic rings. The molecule has 1 aromatic heterocycles. The Morgan fingerprint density at radius 2 is 2.06 bits per heavy atom. The average molecular weight is 289 g/mol. The van der Waals surface area contributed by atoms with Crippen molar-refractivity contribution in [3.8, 4) is 0 Å². The largest absolute Gasteiger partial charge is 0.284 e. The van der Waals surface area contributed by atoms with E-state index in [2.05, 4.69) is 36.0 Å². The van der Waals surface area contributed by atoms with Gasteiger partial charge in [-0.05, 0) is 6.07 Å². The number of carbonyl (C=O) groups is 1. The predicted molar refractivity (Wildman–Crippen MR) is 67.0 cm³/mol. The first-order valence-electron chi connectivity index (χ1n) is 5.14. The van der Waals surface area contributed by atoms with E-state index in [4.69, 9.17) is 0 Å². The maximum atomic E-state index is 11.3. The first-order chi connectivity index (χ1) is 7.65. The van der Waals surface area contributed by atoms with Crippen LogP contribution in [0, 0.1) is 0 Å². The van der Waals surface area contributed by atoms with Gasteiger partial charge in [-0.25, -0.2) is 9.97 Å². The van der Waals surface area contributed by atoms with Gasteiger partial charge in [0.25, 0.3) is 5.91 Å². The number of nitrogens with zero attached hydrogens (tertiary/aromatic N) is 2. The molecule has 0 radical (unpaired) electrons. The second kappa shape index (κ2) is 8.18. The molecule has 1 amide bonds. The molecule has 0 saturated heterocycles. The van der Waals surface area contributed by atoms with Gasteiger partial charge in [-0.15, -0.1) is 0 Å². The molecule has 0 aliphatic carbocycles. The van der Waals surface area contributed by atoms with Crippen LogP contribution in [0.4, 0.5) is 0 Å². The van der Waals surface area contributed by atoms with E-state index in [1.165, 1.54) is 0 Å². The van der Waals surface area contributed by atoms with Crippen molar-refractivity contribution < 1.29 is 4.79 Å². The SMILES string of the molecule is CC.CC(C)c1nccc(C(=O)NNBr)n1. The third-order valence-electron chi connectivity index (χ3n) is 1.58. The van der Waals surface area contributed by atoms with Crippen LogP contribution in [0.3, 0.4) is 0 Å². The number of rotatable bonds is 3. The molecule has 5 nitrogen and oxygen atoms in total. The molecule has 16 heavy (non-hydrogen) atoms. The summed E-state index contributed by atoms with van der Waals surface area (Å²) in [5.74, 6) is 0.568. The number of halogens is 1. The van der Waals surface area contributed by atoms with Crippen molar-refractivity contribution >= 4 is 22.1 Å². The van der Waals surface area contributed by atoms with Crippen LogP contribution in [0.5, 0.6) is 0 Å². The van der Waals surface area contributed by atoms with Gasteiger partial charge in [-0.2, -0.15) is 4.45 Å². The van der Waals surface area contributed by atoms with Crippen LogP contribution >= 0.6 is 16.1 Å². The van der Waals surface area contributed by atoms with Crippen LogP contribution in [0.1, 0.15) is 49.9 Å². The van der Waals surface area contributed by atoms with Gasteiger partial charge in [0.1, 0.15) is 11.5 Å². The molecule has 2 N–H and O–H groups in total. The molecule has 0 saturated carbocycles. The fourth-order valence-corrected chi connectivity index (χ4v) is 1.07. The summed E-state index contributed by atoms with van der Waals surface area (Å²) in [6, 6.07) is 1.56. The molecule has 0 unspecified atom stereocenters. The molecule has 0 spiro atoms. The van der Waals surface area contributed by atoms with E-state index in [0.29, 0.717) is 11.5 Å². The Balaban J connectivity index is 0.00000106. The Hall–Kier alpha value is -1.01. The topological polar surface area (TPSA) is 66.9 Å². The van der Waals surface area contributed by atoms with Gasteiger partial charge in [0.15, 0.2) is 0 Å². The number of aromatic nitrogens is 2. The zero-order valence-corrected chi connectivity index (χ0v) is 11.5. The highest BCUT2D eigenvalue weighted by molar-refractivity contribution is 9.08. The van der Waals surface area contributed by atoms with E-state index in [9.17, 15) is 4.79 Å². The molecule has 1 rings (SSSR count). The van der Waals surface area contributed by atoms with E-state index in [-0.39, 0.29) is 11.8 Å². The van der Waals surface area contributed by atoms with E-state index < -0.39 is 0 Å². The Bertz CT molecular complexity index is 330. The number of hydrogen-bond donors (Lipinski definition) is 2. The third kappa shape index (κ3) is 4.67. The van der Waals surface area contributed by atoms with Crippen molar-refractivity contribution in [2.75, 3.05) is 0 Å². The number of amides is 1. The third-order valence-corrected chi connectivity index (χ3v) is 1.78. The summed E-state index contributed by atoms with van der Waals surface area (Å²) in [5, 5.41) is 0. The minimum absolute atomic E-state index is 0.208. The van der Waals surface area contributed by atoms with E-state index in [1.54, 1.807) is 12.3 Å². The molecule has 90 valence electrons. The molecule has 0 bridgehead atoms. The summed E-state index contributed by atoms with van der Waals surface area (Å²) in [5.41, 5.74) is 2.71. The van der Waals surface area contributed by atoms with Crippen molar-refractivity contribution in [3.05, 3.63) is 23.8 Å². The Morgan fingerprint density at radius 1 is 1.44 bits per heavy atom. The fourth-order valence-electron chi connectivity index (χ4n) is 0.885. The van der Waals surface area contributed by atoms with E-state index >= 15 is 0 Å². The summed E-state index contributed by atoms with van der Waals surface area (Å²) in [7, 11) is 0. The van der Waals surface area contributed by atoms with Crippen LogP contribution in [0.15, 0.2) is 12.3 Å². The van der Waals surface area contributed by atoms with Gasteiger partial charge in [0, 0.05) is 28.3 Å². The average Bonchev–Trinajstić information content (AvgIpc) is 2.32. The zero-order chi connectivity index (χ0) is 12.6. The van der Waals surface area contributed by atoms with Crippen molar-refractivity contribution in [3.63, 3.8) is 0 Å². The summed E-state index contributed by atoms with van der Waals surface area (Å²) in [4.78, 5) is 19.5. The van der Waals surface area contributed by atoms with Crippen LogP contribution < -0.4 is 9.88 Å². The number of carbonyl (C=O) groups excluding carboxylic acids is 1. The van der Waals surface area contributed by atoms with E-state index in [0.717, 1.165) is 0 Å². The van der Waals surface area contributed by atoms with Crippen LogP contribution in [0.2, 0.25) is 0 Å². The van der Waals surface area contributed by atoms with Crippen LogP contribution in [-0.2, 0) is 0 Å². The van der Waals surface area contributed by atoms with Gasteiger partial charge >= 0.3 is 0 Å². The van der Waals surface area contributed by atoms with E-state index in [1.807, 2.05) is 27.7 Å². The lowest BCUT2D eigenvalue weighted by Gasteiger charge is -2.05. The highest BCUT2D eigenvalue weighted by Crippen LogP contribution is 2.07. The van der Waals surface area contributed by atoms with Gasteiger partial charge in [0.05, 0.1) is 0 Å². The molecular formula is C10H17BrN4O. The highest BCUT2D eigenvalue weighted by atomic mass is 79.9. The van der Waals surface area contributed by atoms with Gasteiger partial charge in [0.2, 0.25) is 0 Å².